The van der Waals surface area contributed by atoms with Crippen LogP contribution in [0.4, 0.5) is 17.1 Å². The molecule has 0 N–H and O–H groups in total. The first kappa shape index (κ1) is 38.9. The third kappa shape index (κ3) is 6.29. The summed E-state index contributed by atoms with van der Waals surface area (Å²) >= 11 is 0. The summed E-state index contributed by atoms with van der Waals surface area (Å²) in [6, 6.07) is 83.4. The van der Waals surface area contributed by atoms with Crippen LogP contribution in [0, 0.1) is 0 Å². The summed E-state index contributed by atoms with van der Waals surface area (Å²) in [5.41, 5.74) is 23.7. The van der Waals surface area contributed by atoms with Crippen LogP contribution < -0.4 is 4.90 Å². The van der Waals surface area contributed by atoms with Gasteiger partial charge in [0.1, 0.15) is 0 Å². The van der Waals surface area contributed by atoms with Crippen molar-refractivity contribution in [2.45, 2.75) is 38.5 Å². The summed E-state index contributed by atoms with van der Waals surface area (Å²) in [7, 11) is 0. The van der Waals surface area contributed by atoms with E-state index >= 15 is 0 Å². The van der Waals surface area contributed by atoms with Gasteiger partial charge >= 0.3 is 0 Å². The predicted octanol–water partition coefficient (Wildman–Crippen LogP) is 17.6. The number of hydrogen-bond donors (Lipinski definition) is 0. The molecule has 0 heterocycles. The van der Waals surface area contributed by atoms with Crippen molar-refractivity contribution in [3.63, 3.8) is 0 Å². The van der Waals surface area contributed by atoms with Crippen LogP contribution in [-0.4, -0.2) is 0 Å². The van der Waals surface area contributed by atoms with Crippen molar-refractivity contribution >= 4 is 27.8 Å². The van der Waals surface area contributed by atoms with Gasteiger partial charge in [0.15, 0.2) is 0 Å². The second-order valence-electron chi connectivity index (χ2n) is 18.9. The first-order chi connectivity index (χ1) is 31.7. The maximum Gasteiger partial charge on any atom is 0.0465 e. The molecule has 0 unspecified atom stereocenters. The average molecular weight is 832 g/mol. The van der Waals surface area contributed by atoms with E-state index in [1.807, 2.05) is 0 Å². The Balaban J connectivity index is 0.983. The van der Waals surface area contributed by atoms with Crippen molar-refractivity contribution in [2.24, 2.45) is 0 Å². The SMILES string of the molecule is CC1(C)c2ccccc2-c2ccc(N(c3ccc(-c4cc(-c5ccccc5)ccc4-c4ccc(-c5cccc6ccccc56)cc4)cc3)c3ccc4c(c3)C(C)(C)c3ccccc3-4)cc21. The van der Waals surface area contributed by atoms with Gasteiger partial charge in [0, 0.05) is 27.9 Å². The maximum absolute atomic E-state index is 2.47. The van der Waals surface area contributed by atoms with E-state index < -0.39 is 0 Å². The van der Waals surface area contributed by atoms with Gasteiger partial charge in [0.2, 0.25) is 0 Å². The number of benzene rings is 10. The molecule has 2 aliphatic carbocycles. The molecule has 0 atom stereocenters. The summed E-state index contributed by atoms with van der Waals surface area (Å²) in [6.45, 7) is 9.48. The highest BCUT2D eigenvalue weighted by molar-refractivity contribution is 5.97. The van der Waals surface area contributed by atoms with Crippen molar-refractivity contribution in [1.82, 2.24) is 0 Å². The molecule has 2 aliphatic rings. The van der Waals surface area contributed by atoms with Gasteiger partial charge < -0.3 is 4.90 Å². The lowest BCUT2D eigenvalue weighted by molar-refractivity contribution is 0.660. The molecule has 12 rings (SSSR count). The zero-order chi connectivity index (χ0) is 43.9. The van der Waals surface area contributed by atoms with Crippen LogP contribution in [0.15, 0.2) is 224 Å². The second kappa shape index (κ2) is 14.9. The van der Waals surface area contributed by atoms with Gasteiger partial charge in [-0.05, 0) is 142 Å². The lowest BCUT2D eigenvalue weighted by Crippen LogP contribution is -2.18. The number of rotatable bonds is 7. The molecule has 0 aromatic heterocycles. The number of hydrogen-bond acceptors (Lipinski definition) is 1. The molecule has 0 spiro atoms. The van der Waals surface area contributed by atoms with E-state index in [1.54, 1.807) is 0 Å². The Labute approximate surface area is 383 Å². The highest BCUT2D eigenvalue weighted by Gasteiger charge is 2.37. The van der Waals surface area contributed by atoms with Crippen LogP contribution in [0.5, 0.6) is 0 Å². The van der Waals surface area contributed by atoms with E-state index in [0.717, 1.165) is 17.1 Å². The first-order valence-electron chi connectivity index (χ1n) is 22.9. The molecule has 0 amide bonds. The van der Waals surface area contributed by atoms with E-state index in [1.165, 1.54) is 99.8 Å². The topological polar surface area (TPSA) is 3.24 Å². The van der Waals surface area contributed by atoms with Crippen molar-refractivity contribution in [3.05, 3.63) is 247 Å². The molecule has 0 fully saturated rings. The highest BCUT2D eigenvalue weighted by atomic mass is 15.1. The zero-order valence-electron chi connectivity index (χ0n) is 37.3. The largest absolute Gasteiger partial charge is 0.310 e. The van der Waals surface area contributed by atoms with E-state index in [4.69, 9.17) is 0 Å². The number of fused-ring (bicyclic) bond motifs is 7. The highest BCUT2D eigenvalue weighted by Crippen LogP contribution is 2.53. The number of nitrogens with zero attached hydrogens (tertiary/aromatic N) is 1. The first-order valence-corrected chi connectivity index (χ1v) is 22.9. The summed E-state index contributed by atoms with van der Waals surface area (Å²) in [4.78, 5) is 2.47. The molecule has 1 heteroatoms. The Morgan fingerprint density at radius 2 is 0.692 bits per heavy atom. The molecule has 1 nitrogen and oxygen atoms in total. The van der Waals surface area contributed by atoms with Crippen LogP contribution in [-0.2, 0) is 10.8 Å². The van der Waals surface area contributed by atoms with E-state index in [-0.39, 0.29) is 10.8 Å². The molecule has 0 radical (unpaired) electrons. The van der Waals surface area contributed by atoms with Gasteiger partial charge in [-0.15, -0.1) is 0 Å². The Bertz CT molecular complexity index is 3350. The van der Waals surface area contributed by atoms with E-state index in [2.05, 4.69) is 257 Å². The van der Waals surface area contributed by atoms with Gasteiger partial charge in [0.05, 0.1) is 0 Å². The normalized spacial score (nSPS) is 13.8. The third-order valence-electron chi connectivity index (χ3n) is 14.5. The summed E-state index contributed by atoms with van der Waals surface area (Å²) in [5, 5.41) is 2.53. The molecular formula is C64H49N. The predicted molar refractivity (Wildman–Crippen MR) is 276 cm³/mol. The lowest BCUT2D eigenvalue weighted by atomic mass is 9.82. The molecule has 310 valence electrons. The lowest BCUT2D eigenvalue weighted by Gasteiger charge is -2.30. The van der Waals surface area contributed by atoms with Crippen LogP contribution >= 0.6 is 0 Å². The van der Waals surface area contributed by atoms with Crippen LogP contribution in [0.25, 0.3) is 77.5 Å². The average Bonchev–Trinajstić information content (AvgIpc) is 3.73. The van der Waals surface area contributed by atoms with Gasteiger partial charge in [-0.2, -0.15) is 0 Å². The van der Waals surface area contributed by atoms with E-state index in [0.29, 0.717) is 0 Å². The number of anilines is 3. The minimum atomic E-state index is -0.119. The second-order valence-corrected chi connectivity index (χ2v) is 18.9. The Morgan fingerprint density at radius 1 is 0.262 bits per heavy atom. The van der Waals surface area contributed by atoms with Crippen molar-refractivity contribution in [1.29, 1.82) is 0 Å². The van der Waals surface area contributed by atoms with Crippen molar-refractivity contribution in [3.8, 4) is 66.8 Å². The summed E-state index contributed by atoms with van der Waals surface area (Å²) < 4.78 is 0. The summed E-state index contributed by atoms with van der Waals surface area (Å²) in [6.07, 6.45) is 0. The van der Waals surface area contributed by atoms with Crippen LogP contribution in [0.2, 0.25) is 0 Å². The minimum absolute atomic E-state index is 0.119. The third-order valence-corrected chi connectivity index (χ3v) is 14.5. The minimum Gasteiger partial charge on any atom is -0.310 e. The Kier molecular flexibility index (Phi) is 8.94. The smallest absolute Gasteiger partial charge is 0.0465 e. The maximum atomic E-state index is 2.47. The van der Waals surface area contributed by atoms with Crippen molar-refractivity contribution in [2.75, 3.05) is 4.90 Å². The fourth-order valence-corrected chi connectivity index (χ4v) is 11.1. The Morgan fingerprint density at radius 3 is 1.32 bits per heavy atom. The van der Waals surface area contributed by atoms with Gasteiger partial charge in [0.25, 0.3) is 0 Å². The van der Waals surface area contributed by atoms with Gasteiger partial charge in [-0.25, -0.2) is 0 Å². The molecular weight excluding hydrogens is 783 g/mol. The van der Waals surface area contributed by atoms with Crippen LogP contribution in [0.3, 0.4) is 0 Å². The fraction of sp³-hybridized carbons (Fsp3) is 0.0938. The summed E-state index contributed by atoms with van der Waals surface area (Å²) in [5.74, 6) is 0. The molecule has 65 heavy (non-hydrogen) atoms. The standard InChI is InChI=1S/C64H49N/c1-63(2)59-23-12-10-20-54(59)56-37-34-49(40-61(56)63)65(50-35-38-57-55-21-11-13-24-60(55)64(3,4)62(57)41-50)48-32-29-46(30-33-48)58-39-47(42-15-6-5-7-16-42)31-36-53(58)45-27-25-44(26-28-45)52-22-14-18-43-17-8-9-19-51(43)52/h5-41H,1-4H3. The zero-order valence-corrected chi connectivity index (χ0v) is 37.3. The van der Waals surface area contributed by atoms with Crippen molar-refractivity contribution < 1.29 is 0 Å². The molecule has 10 aromatic carbocycles. The molecule has 0 bridgehead atoms. The molecule has 0 saturated carbocycles. The quantitative estimate of drug-likeness (QED) is 0.155. The fourth-order valence-electron chi connectivity index (χ4n) is 11.1. The monoisotopic (exact) mass is 831 g/mol. The van der Waals surface area contributed by atoms with E-state index in [9.17, 15) is 0 Å². The Hall–Kier alpha value is -7.74. The van der Waals surface area contributed by atoms with Gasteiger partial charge in [-0.3, -0.25) is 0 Å². The molecule has 0 aliphatic heterocycles. The van der Waals surface area contributed by atoms with Crippen LogP contribution in [0.1, 0.15) is 49.9 Å². The molecule has 0 saturated heterocycles. The molecule has 10 aromatic rings. The van der Waals surface area contributed by atoms with Gasteiger partial charge in [-0.1, -0.05) is 210 Å².